The van der Waals surface area contributed by atoms with Gasteiger partial charge in [-0.3, -0.25) is 4.72 Å². The molecule has 1 N–H and O–H groups in total. The summed E-state index contributed by atoms with van der Waals surface area (Å²) in [5.41, 5.74) is 0.482. The van der Waals surface area contributed by atoms with Crippen LogP contribution in [0.15, 0.2) is 82.2 Å². The van der Waals surface area contributed by atoms with Crippen LogP contribution in [0, 0.1) is 0 Å². The van der Waals surface area contributed by atoms with Crippen LogP contribution in [0.2, 0.25) is 5.02 Å². The van der Waals surface area contributed by atoms with Crippen LogP contribution in [0.4, 0.5) is 5.69 Å². The Hall–Kier alpha value is -2.02. The lowest BCUT2D eigenvalue weighted by Crippen LogP contribution is -2.12. The summed E-state index contributed by atoms with van der Waals surface area (Å²) in [7, 11) is -3.67. The van der Waals surface area contributed by atoms with Gasteiger partial charge in [-0.05, 0) is 66.7 Å². The molecule has 0 aliphatic carbocycles. The molecule has 25 heavy (non-hydrogen) atoms. The number of benzene rings is 3. The van der Waals surface area contributed by atoms with Gasteiger partial charge in [0.1, 0.15) is 11.5 Å². The minimum absolute atomic E-state index is 0.149. The van der Waals surface area contributed by atoms with Gasteiger partial charge in [-0.15, -0.1) is 0 Å². The minimum Gasteiger partial charge on any atom is -0.457 e. The van der Waals surface area contributed by atoms with Crippen LogP contribution < -0.4 is 9.46 Å². The van der Waals surface area contributed by atoms with Crippen LogP contribution >= 0.6 is 27.5 Å². The van der Waals surface area contributed by atoms with Gasteiger partial charge >= 0.3 is 0 Å². The zero-order valence-corrected chi connectivity index (χ0v) is 16.0. The van der Waals surface area contributed by atoms with Crippen molar-refractivity contribution in [2.75, 3.05) is 4.72 Å². The molecule has 0 aromatic heterocycles. The summed E-state index contributed by atoms with van der Waals surface area (Å²) in [6.07, 6.45) is 0. The van der Waals surface area contributed by atoms with Crippen molar-refractivity contribution in [2.45, 2.75) is 4.90 Å². The normalized spacial score (nSPS) is 11.1. The highest BCUT2D eigenvalue weighted by Gasteiger charge is 2.14. The van der Waals surface area contributed by atoms with Crippen molar-refractivity contribution in [3.63, 3.8) is 0 Å². The summed E-state index contributed by atoms with van der Waals surface area (Å²) in [6.45, 7) is 0. The average Bonchev–Trinajstić information content (AvgIpc) is 2.57. The smallest absolute Gasteiger partial charge is 0.261 e. The van der Waals surface area contributed by atoms with Crippen LogP contribution in [0.5, 0.6) is 11.5 Å². The Labute approximate surface area is 159 Å². The first-order valence-corrected chi connectivity index (χ1v) is 9.90. The highest BCUT2D eigenvalue weighted by molar-refractivity contribution is 9.10. The molecule has 0 spiro atoms. The Bertz CT molecular complexity index is 974. The number of ether oxygens (including phenoxy) is 1. The summed E-state index contributed by atoms with van der Waals surface area (Å²) in [6, 6.07) is 20.0. The maximum Gasteiger partial charge on any atom is 0.261 e. The van der Waals surface area contributed by atoms with E-state index in [4.69, 9.17) is 16.3 Å². The summed E-state index contributed by atoms with van der Waals surface area (Å²) in [4.78, 5) is 0.149. The molecule has 3 aromatic carbocycles. The Kier molecular flexibility index (Phi) is 5.32. The predicted molar refractivity (Wildman–Crippen MR) is 103 cm³/mol. The second-order valence-electron chi connectivity index (χ2n) is 5.14. The third-order valence-electron chi connectivity index (χ3n) is 3.26. The van der Waals surface area contributed by atoms with Crippen molar-refractivity contribution in [2.24, 2.45) is 0 Å². The van der Waals surface area contributed by atoms with E-state index in [0.29, 0.717) is 22.2 Å². The van der Waals surface area contributed by atoms with E-state index < -0.39 is 10.0 Å². The third-order valence-corrected chi connectivity index (χ3v) is 5.40. The third kappa shape index (κ3) is 4.75. The van der Waals surface area contributed by atoms with E-state index in [9.17, 15) is 8.42 Å². The van der Waals surface area contributed by atoms with Crippen molar-refractivity contribution in [3.05, 3.63) is 82.3 Å². The summed E-state index contributed by atoms with van der Waals surface area (Å²) < 4.78 is 33.9. The van der Waals surface area contributed by atoms with E-state index in [1.807, 2.05) is 6.07 Å². The second kappa shape index (κ2) is 7.47. The van der Waals surface area contributed by atoms with Gasteiger partial charge in [-0.25, -0.2) is 8.42 Å². The number of sulfonamides is 1. The lowest BCUT2D eigenvalue weighted by molar-refractivity contribution is 0.482. The molecular formula is C18H13BrClNO3S. The van der Waals surface area contributed by atoms with Crippen LogP contribution in [0.3, 0.4) is 0 Å². The number of hydrogen-bond acceptors (Lipinski definition) is 3. The molecule has 3 aromatic rings. The standard InChI is InChI=1S/C18H13BrClNO3S/c19-13-2-1-3-15(12-13)21-25(22,23)18-10-8-17(9-11-18)24-16-6-4-14(20)5-7-16/h1-12,21H. The zero-order valence-electron chi connectivity index (χ0n) is 12.8. The van der Waals surface area contributed by atoms with E-state index >= 15 is 0 Å². The molecule has 0 aliphatic heterocycles. The number of rotatable bonds is 5. The second-order valence-corrected chi connectivity index (χ2v) is 8.18. The predicted octanol–water partition coefficient (Wildman–Crippen LogP) is 5.70. The molecule has 3 rings (SSSR count). The number of halogens is 2. The fourth-order valence-corrected chi connectivity index (χ4v) is 3.67. The summed E-state index contributed by atoms with van der Waals surface area (Å²) >= 11 is 9.14. The fraction of sp³-hybridized carbons (Fsp3) is 0. The van der Waals surface area contributed by atoms with E-state index in [0.717, 1.165) is 4.47 Å². The van der Waals surface area contributed by atoms with Crippen LogP contribution in [-0.4, -0.2) is 8.42 Å². The summed E-state index contributed by atoms with van der Waals surface area (Å²) in [5, 5.41) is 0.618. The van der Waals surface area contributed by atoms with Crippen LogP contribution in [-0.2, 0) is 10.0 Å². The number of hydrogen-bond donors (Lipinski definition) is 1. The van der Waals surface area contributed by atoms with Gasteiger partial charge in [0, 0.05) is 15.2 Å². The molecule has 7 heteroatoms. The van der Waals surface area contributed by atoms with Gasteiger partial charge in [0.2, 0.25) is 0 Å². The maximum absolute atomic E-state index is 12.4. The van der Waals surface area contributed by atoms with Gasteiger partial charge in [-0.1, -0.05) is 33.6 Å². The molecule has 0 fully saturated rings. The molecule has 0 saturated heterocycles. The molecule has 0 atom stereocenters. The lowest BCUT2D eigenvalue weighted by atomic mass is 10.3. The Morgan fingerprint density at radius 1 is 0.880 bits per heavy atom. The highest BCUT2D eigenvalue weighted by atomic mass is 79.9. The summed E-state index contributed by atoms with van der Waals surface area (Å²) in [5.74, 6) is 1.15. The zero-order chi connectivity index (χ0) is 17.9. The fourth-order valence-electron chi connectivity index (χ4n) is 2.09. The largest absolute Gasteiger partial charge is 0.457 e. The number of nitrogens with one attached hydrogen (secondary N) is 1. The van der Waals surface area contributed by atoms with Gasteiger partial charge in [0.25, 0.3) is 10.0 Å². The quantitative estimate of drug-likeness (QED) is 0.556. The Morgan fingerprint density at radius 2 is 1.48 bits per heavy atom. The minimum atomic E-state index is -3.67. The molecule has 4 nitrogen and oxygen atoms in total. The molecule has 0 saturated carbocycles. The Morgan fingerprint density at radius 3 is 2.08 bits per heavy atom. The first-order valence-electron chi connectivity index (χ1n) is 7.24. The molecule has 0 heterocycles. The number of anilines is 1. The van der Waals surface area contributed by atoms with Gasteiger partial charge in [-0.2, -0.15) is 0 Å². The highest BCUT2D eigenvalue weighted by Crippen LogP contribution is 2.25. The van der Waals surface area contributed by atoms with Crippen molar-refractivity contribution < 1.29 is 13.2 Å². The molecule has 0 amide bonds. The molecule has 0 radical (unpaired) electrons. The topological polar surface area (TPSA) is 55.4 Å². The van der Waals surface area contributed by atoms with E-state index in [-0.39, 0.29) is 4.90 Å². The average molecular weight is 439 g/mol. The first kappa shape index (κ1) is 17.8. The molecular weight excluding hydrogens is 426 g/mol. The van der Waals surface area contributed by atoms with Crippen molar-refractivity contribution in [3.8, 4) is 11.5 Å². The molecule has 0 unspecified atom stereocenters. The SMILES string of the molecule is O=S(=O)(Nc1cccc(Br)c1)c1ccc(Oc2ccc(Cl)cc2)cc1. The molecule has 0 aliphatic rings. The van der Waals surface area contributed by atoms with Crippen molar-refractivity contribution >= 4 is 43.2 Å². The van der Waals surface area contributed by atoms with E-state index in [1.165, 1.54) is 12.1 Å². The monoisotopic (exact) mass is 437 g/mol. The lowest BCUT2D eigenvalue weighted by Gasteiger charge is -2.10. The molecule has 0 bridgehead atoms. The van der Waals surface area contributed by atoms with E-state index in [2.05, 4.69) is 20.7 Å². The van der Waals surface area contributed by atoms with E-state index in [1.54, 1.807) is 54.6 Å². The van der Waals surface area contributed by atoms with Crippen LogP contribution in [0.1, 0.15) is 0 Å². The van der Waals surface area contributed by atoms with Crippen LogP contribution in [0.25, 0.3) is 0 Å². The maximum atomic E-state index is 12.4. The van der Waals surface area contributed by atoms with Gasteiger partial charge in [0.15, 0.2) is 0 Å². The van der Waals surface area contributed by atoms with Crippen molar-refractivity contribution in [1.29, 1.82) is 0 Å². The van der Waals surface area contributed by atoms with Gasteiger partial charge < -0.3 is 4.74 Å². The Balaban J connectivity index is 1.75. The molecule has 128 valence electrons. The van der Waals surface area contributed by atoms with Gasteiger partial charge in [0.05, 0.1) is 4.90 Å². The first-order chi connectivity index (χ1) is 11.9. The van der Waals surface area contributed by atoms with Crippen molar-refractivity contribution in [1.82, 2.24) is 0 Å².